The van der Waals surface area contributed by atoms with Crippen LogP contribution in [0.2, 0.25) is 0 Å². The van der Waals surface area contributed by atoms with Crippen LogP contribution in [0.15, 0.2) is 42.0 Å². The van der Waals surface area contributed by atoms with E-state index in [4.69, 9.17) is 0 Å². The first kappa shape index (κ1) is 20.7. The Hall–Kier alpha value is -3.24. The summed E-state index contributed by atoms with van der Waals surface area (Å²) in [6.45, 7) is 1.24. The molecule has 4 heterocycles. The fourth-order valence-electron chi connectivity index (χ4n) is 4.20. The number of nitrogens with one attached hydrogen (secondary N) is 2. The van der Waals surface area contributed by atoms with Crippen molar-refractivity contribution in [1.82, 2.24) is 20.2 Å². The number of nitrogens with zero attached hydrogens (tertiary/aromatic N) is 3. The summed E-state index contributed by atoms with van der Waals surface area (Å²) in [6, 6.07) is 5.70. The van der Waals surface area contributed by atoms with Gasteiger partial charge in [0.05, 0.1) is 23.0 Å². The van der Waals surface area contributed by atoms with Gasteiger partial charge in [0.25, 0.3) is 11.8 Å². The summed E-state index contributed by atoms with van der Waals surface area (Å²) in [5.41, 5.74) is 0.322. The molecule has 32 heavy (non-hydrogen) atoms. The van der Waals surface area contributed by atoms with Gasteiger partial charge in [0.2, 0.25) is 0 Å². The predicted molar refractivity (Wildman–Crippen MR) is 116 cm³/mol. The van der Waals surface area contributed by atoms with Crippen molar-refractivity contribution in [2.75, 3.05) is 18.4 Å². The highest BCUT2D eigenvalue weighted by Crippen LogP contribution is 2.29. The van der Waals surface area contributed by atoms with Crippen molar-refractivity contribution >= 4 is 28.8 Å². The first-order valence-corrected chi connectivity index (χ1v) is 11.1. The second-order valence-corrected chi connectivity index (χ2v) is 8.72. The van der Waals surface area contributed by atoms with Gasteiger partial charge in [0, 0.05) is 36.8 Å². The molecule has 2 fully saturated rings. The minimum Gasteiger partial charge on any atom is -0.335 e. The number of anilines is 1. The van der Waals surface area contributed by atoms with Crippen LogP contribution in [0.3, 0.4) is 0 Å². The van der Waals surface area contributed by atoms with Gasteiger partial charge in [0.1, 0.15) is 22.3 Å². The van der Waals surface area contributed by atoms with Crippen molar-refractivity contribution in [3.05, 3.63) is 64.9 Å². The topological polar surface area (TPSA) is 87.2 Å². The second kappa shape index (κ2) is 8.36. The number of aromatic nitrogens is 2. The Labute approximate surface area is 186 Å². The number of benzene rings is 1. The van der Waals surface area contributed by atoms with Crippen molar-refractivity contribution in [1.29, 1.82) is 0 Å². The van der Waals surface area contributed by atoms with Crippen molar-refractivity contribution in [3.8, 4) is 10.6 Å². The molecule has 2 aliphatic heterocycles. The standard InChI is InChI=1S/C22H19F2N5O2S/c23-15-2-1-3-16(24)19(15)21-28-18(11-32-21)20(30)27-17-8-25-7-6-14(17)22(31)29-9-12-4-5-13(10-29)26-12/h1-3,6-8,11-13,26H,4-5,9-10H2,(H,27,30). The molecule has 0 radical (unpaired) electrons. The average molecular weight is 455 g/mol. The second-order valence-electron chi connectivity index (χ2n) is 7.86. The zero-order chi connectivity index (χ0) is 22.2. The van der Waals surface area contributed by atoms with E-state index in [1.54, 1.807) is 11.0 Å². The lowest BCUT2D eigenvalue weighted by Crippen LogP contribution is -2.53. The predicted octanol–water partition coefficient (Wildman–Crippen LogP) is 3.31. The maximum atomic E-state index is 14.0. The highest BCUT2D eigenvalue weighted by atomic mass is 32.1. The van der Waals surface area contributed by atoms with Crippen molar-refractivity contribution in [3.63, 3.8) is 0 Å². The Bertz CT molecular complexity index is 1170. The van der Waals surface area contributed by atoms with Crippen LogP contribution in [0.1, 0.15) is 33.7 Å². The number of carbonyl (C=O) groups is 2. The molecule has 0 aliphatic carbocycles. The van der Waals surface area contributed by atoms with Crippen LogP contribution in [0.5, 0.6) is 0 Å². The van der Waals surface area contributed by atoms with E-state index < -0.39 is 17.5 Å². The molecule has 5 rings (SSSR count). The molecular weight excluding hydrogens is 436 g/mol. The summed E-state index contributed by atoms with van der Waals surface area (Å²) in [5.74, 6) is -2.27. The number of rotatable bonds is 4. The Morgan fingerprint density at radius 2 is 1.84 bits per heavy atom. The van der Waals surface area contributed by atoms with E-state index in [9.17, 15) is 18.4 Å². The molecule has 0 spiro atoms. The van der Waals surface area contributed by atoms with Gasteiger partial charge in [-0.05, 0) is 31.0 Å². The van der Waals surface area contributed by atoms with Gasteiger partial charge in [-0.1, -0.05) is 6.07 Å². The summed E-state index contributed by atoms with van der Waals surface area (Å²) in [5, 5.41) is 7.63. The molecule has 2 N–H and O–H groups in total. The van der Waals surface area contributed by atoms with E-state index in [1.165, 1.54) is 23.8 Å². The maximum absolute atomic E-state index is 14.0. The number of halogens is 2. The number of pyridine rings is 1. The van der Waals surface area contributed by atoms with Crippen LogP contribution in [0.4, 0.5) is 14.5 Å². The molecule has 7 nitrogen and oxygen atoms in total. The number of amides is 2. The van der Waals surface area contributed by atoms with Crippen molar-refractivity contribution < 1.29 is 18.4 Å². The highest BCUT2D eigenvalue weighted by Gasteiger charge is 2.35. The third kappa shape index (κ3) is 3.87. The lowest BCUT2D eigenvalue weighted by Gasteiger charge is -2.33. The number of likely N-dealkylation sites (tertiary alicyclic amines) is 1. The van der Waals surface area contributed by atoms with E-state index >= 15 is 0 Å². The van der Waals surface area contributed by atoms with Crippen LogP contribution in [-0.4, -0.2) is 51.9 Å². The van der Waals surface area contributed by atoms with Crippen LogP contribution in [0.25, 0.3) is 10.6 Å². The molecule has 2 aliphatic rings. The van der Waals surface area contributed by atoms with Crippen LogP contribution >= 0.6 is 11.3 Å². The Balaban J connectivity index is 1.36. The molecule has 164 valence electrons. The molecule has 0 saturated carbocycles. The van der Waals surface area contributed by atoms with E-state index in [1.807, 2.05) is 0 Å². The fourth-order valence-corrected chi connectivity index (χ4v) is 5.04. The highest BCUT2D eigenvalue weighted by molar-refractivity contribution is 7.13. The van der Waals surface area contributed by atoms with Gasteiger partial charge in [-0.2, -0.15) is 0 Å². The Kier molecular flexibility index (Phi) is 5.40. The van der Waals surface area contributed by atoms with Crippen molar-refractivity contribution in [2.45, 2.75) is 24.9 Å². The zero-order valence-electron chi connectivity index (χ0n) is 16.8. The first-order valence-electron chi connectivity index (χ1n) is 10.2. The lowest BCUT2D eigenvalue weighted by molar-refractivity contribution is 0.0698. The largest absolute Gasteiger partial charge is 0.335 e. The number of hydrogen-bond acceptors (Lipinski definition) is 6. The number of thiazole rings is 1. The molecule has 10 heteroatoms. The van der Waals surface area contributed by atoms with Crippen LogP contribution in [-0.2, 0) is 0 Å². The van der Waals surface area contributed by atoms with Gasteiger partial charge in [-0.25, -0.2) is 13.8 Å². The average Bonchev–Trinajstić information content (AvgIpc) is 3.40. The van der Waals surface area contributed by atoms with Gasteiger partial charge in [-0.15, -0.1) is 11.3 Å². The molecule has 2 unspecified atom stereocenters. The van der Waals surface area contributed by atoms with Crippen molar-refractivity contribution in [2.24, 2.45) is 0 Å². The fraction of sp³-hybridized carbons (Fsp3) is 0.273. The maximum Gasteiger partial charge on any atom is 0.275 e. The van der Waals surface area contributed by atoms with Gasteiger partial charge in [0.15, 0.2) is 0 Å². The zero-order valence-corrected chi connectivity index (χ0v) is 17.7. The summed E-state index contributed by atoms with van der Waals surface area (Å²) >= 11 is 0.961. The molecule has 2 amide bonds. The number of fused-ring (bicyclic) bond motifs is 2. The van der Waals surface area contributed by atoms with E-state index in [0.717, 1.165) is 36.3 Å². The minimum atomic E-state index is -0.753. The molecule has 2 bridgehead atoms. The monoisotopic (exact) mass is 455 g/mol. The van der Waals surface area contributed by atoms with E-state index in [2.05, 4.69) is 20.6 Å². The lowest BCUT2D eigenvalue weighted by atomic mass is 10.1. The summed E-state index contributed by atoms with van der Waals surface area (Å²) in [7, 11) is 0. The normalized spacial score (nSPS) is 19.8. The van der Waals surface area contributed by atoms with Gasteiger partial charge >= 0.3 is 0 Å². The van der Waals surface area contributed by atoms with Crippen LogP contribution < -0.4 is 10.6 Å². The number of hydrogen-bond donors (Lipinski definition) is 2. The van der Waals surface area contributed by atoms with Gasteiger partial charge in [-0.3, -0.25) is 14.6 Å². The number of carbonyl (C=O) groups excluding carboxylic acids is 2. The molecule has 2 aromatic heterocycles. The SMILES string of the molecule is O=C(Nc1cnccc1C(=O)N1CC2CCC(C1)N2)c1csc(-c2c(F)cccc2F)n1. The first-order chi connectivity index (χ1) is 15.5. The molecule has 2 saturated heterocycles. The molecule has 1 aromatic carbocycles. The minimum absolute atomic E-state index is 0.00452. The third-order valence-corrected chi connectivity index (χ3v) is 6.58. The van der Waals surface area contributed by atoms with E-state index in [0.29, 0.717) is 30.7 Å². The molecule has 2 atom stereocenters. The summed E-state index contributed by atoms with van der Waals surface area (Å²) < 4.78 is 28.1. The third-order valence-electron chi connectivity index (χ3n) is 5.72. The summed E-state index contributed by atoms with van der Waals surface area (Å²) in [6.07, 6.45) is 5.00. The quantitative estimate of drug-likeness (QED) is 0.630. The summed E-state index contributed by atoms with van der Waals surface area (Å²) in [4.78, 5) is 35.8. The molecular formula is C22H19F2N5O2S. The molecule has 3 aromatic rings. The Morgan fingerprint density at radius 1 is 1.12 bits per heavy atom. The van der Waals surface area contributed by atoms with Crippen LogP contribution in [0, 0.1) is 11.6 Å². The Morgan fingerprint density at radius 3 is 2.56 bits per heavy atom. The smallest absolute Gasteiger partial charge is 0.275 e. The van der Waals surface area contributed by atoms with E-state index in [-0.39, 0.29) is 27.9 Å². The number of piperazine rings is 1. The van der Waals surface area contributed by atoms with Gasteiger partial charge < -0.3 is 15.5 Å².